The maximum Gasteiger partial charge on any atom is 0.256 e. The number of hydrogen-bond acceptors (Lipinski definition) is 2. The predicted molar refractivity (Wildman–Crippen MR) is 61.2 cm³/mol. The summed E-state index contributed by atoms with van der Waals surface area (Å²) in [4.78, 5) is 21.3. The summed E-state index contributed by atoms with van der Waals surface area (Å²) in [5, 5.41) is 0.916. The van der Waals surface area contributed by atoms with Gasteiger partial charge in [-0.25, -0.2) is 4.98 Å². The smallest absolute Gasteiger partial charge is 0.256 e. The fourth-order valence-electron chi connectivity index (χ4n) is 2.22. The number of amides is 1. The largest absolute Gasteiger partial charge is 0.345 e. The minimum absolute atomic E-state index is 0.122. The van der Waals surface area contributed by atoms with E-state index < -0.39 is 0 Å². The van der Waals surface area contributed by atoms with Crippen molar-refractivity contribution in [1.29, 1.82) is 0 Å². The van der Waals surface area contributed by atoms with Gasteiger partial charge in [0.25, 0.3) is 5.91 Å². The van der Waals surface area contributed by atoms with Crippen molar-refractivity contribution in [3.63, 3.8) is 0 Å². The van der Waals surface area contributed by atoms with E-state index in [0.29, 0.717) is 0 Å². The van der Waals surface area contributed by atoms with E-state index in [0.717, 1.165) is 42.5 Å². The van der Waals surface area contributed by atoms with Crippen LogP contribution >= 0.6 is 0 Å². The SMILES string of the molecule is O=C(c1c[nH]c2ncccc12)N1CCCC1. The molecule has 3 rings (SSSR count). The number of aromatic nitrogens is 2. The van der Waals surface area contributed by atoms with Crippen LogP contribution in [-0.2, 0) is 0 Å². The highest BCUT2D eigenvalue weighted by Gasteiger charge is 2.21. The van der Waals surface area contributed by atoms with Gasteiger partial charge in [-0.3, -0.25) is 4.79 Å². The number of nitrogens with zero attached hydrogens (tertiary/aromatic N) is 2. The molecule has 0 aromatic carbocycles. The van der Waals surface area contributed by atoms with E-state index in [9.17, 15) is 4.79 Å². The van der Waals surface area contributed by atoms with Gasteiger partial charge in [-0.05, 0) is 25.0 Å². The summed E-state index contributed by atoms with van der Waals surface area (Å²) < 4.78 is 0. The Hall–Kier alpha value is -1.84. The first-order valence-corrected chi connectivity index (χ1v) is 5.57. The van der Waals surface area contributed by atoms with Crippen molar-refractivity contribution < 1.29 is 4.79 Å². The van der Waals surface area contributed by atoms with E-state index in [2.05, 4.69) is 9.97 Å². The maximum atomic E-state index is 12.2. The van der Waals surface area contributed by atoms with Gasteiger partial charge >= 0.3 is 0 Å². The van der Waals surface area contributed by atoms with Gasteiger partial charge in [0.2, 0.25) is 0 Å². The first-order valence-electron chi connectivity index (χ1n) is 5.57. The summed E-state index contributed by atoms with van der Waals surface area (Å²) in [6.07, 6.45) is 5.72. The Kier molecular flexibility index (Phi) is 2.13. The normalized spacial score (nSPS) is 15.9. The highest BCUT2D eigenvalue weighted by Crippen LogP contribution is 2.19. The van der Waals surface area contributed by atoms with Crippen LogP contribution in [0.25, 0.3) is 11.0 Å². The zero-order valence-electron chi connectivity index (χ0n) is 8.94. The number of carbonyl (C=O) groups is 1. The molecule has 0 radical (unpaired) electrons. The van der Waals surface area contributed by atoms with Gasteiger partial charge in [-0.15, -0.1) is 0 Å². The van der Waals surface area contributed by atoms with Crippen molar-refractivity contribution in [1.82, 2.24) is 14.9 Å². The van der Waals surface area contributed by atoms with Crippen LogP contribution in [0, 0.1) is 0 Å². The highest BCUT2D eigenvalue weighted by molar-refractivity contribution is 6.05. The fraction of sp³-hybridized carbons (Fsp3) is 0.333. The van der Waals surface area contributed by atoms with Gasteiger partial charge < -0.3 is 9.88 Å². The van der Waals surface area contributed by atoms with Gasteiger partial charge in [-0.2, -0.15) is 0 Å². The van der Waals surface area contributed by atoms with Crippen LogP contribution in [0.4, 0.5) is 0 Å². The van der Waals surface area contributed by atoms with E-state index in [1.807, 2.05) is 17.0 Å². The highest BCUT2D eigenvalue weighted by atomic mass is 16.2. The van der Waals surface area contributed by atoms with E-state index in [4.69, 9.17) is 0 Å². The molecule has 3 heterocycles. The molecule has 0 aliphatic carbocycles. The minimum Gasteiger partial charge on any atom is -0.345 e. The maximum absolute atomic E-state index is 12.2. The zero-order valence-corrected chi connectivity index (χ0v) is 8.94. The topological polar surface area (TPSA) is 49.0 Å². The zero-order chi connectivity index (χ0) is 11.0. The summed E-state index contributed by atoms with van der Waals surface area (Å²) in [6.45, 7) is 1.76. The van der Waals surface area contributed by atoms with Crippen molar-refractivity contribution in [3.8, 4) is 0 Å². The number of nitrogens with one attached hydrogen (secondary N) is 1. The van der Waals surface area contributed by atoms with Crippen LogP contribution in [0.15, 0.2) is 24.5 Å². The molecule has 16 heavy (non-hydrogen) atoms. The molecular formula is C12H13N3O. The molecule has 1 saturated heterocycles. The second-order valence-electron chi connectivity index (χ2n) is 4.10. The fourth-order valence-corrected chi connectivity index (χ4v) is 2.22. The van der Waals surface area contributed by atoms with Crippen LogP contribution in [0.5, 0.6) is 0 Å². The van der Waals surface area contributed by atoms with E-state index in [1.165, 1.54) is 0 Å². The molecule has 2 aromatic heterocycles. The number of rotatable bonds is 1. The van der Waals surface area contributed by atoms with Gasteiger partial charge in [0.05, 0.1) is 5.56 Å². The van der Waals surface area contributed by atoms with Gasteiger partial charge in [0.1, 0.15) is 5.65 Å². The minimum atomic E-state index is 0.122. The Morgan fingerprint density at radius 3 is 3.00 bits per heavy atom. The van der Waals surface area contributed by atoms with Crippen molar-refractivity contribution in [3.05, 3.63) is 30.1 Å². The summed E-state index contributed by atoms with van der Waals surface area (Å²) in [7, 11) is 0. The molecule has 2 aromatic rings. The Morgan fingerprint density at radius 2 is 2.19 bits per heavy atom. The third-order valence-corrected chi connectivity index (χ3v) is 3.07. The lowest BCUT2D eigenvalue weighted by atomic mass is 10.2. The average molecular weight is 215 g/mol. The molecule has 1 aliphatic heterocycles. The molecule has 0 spiro atoms. The molecule has 0 atom stereocenters. The third kappa shape index (κ3) is 1.38. The monoisotopic (exact) mass is 215 g/mol. The molecule has 82 valence electrons. The van der Waals surface area contributed by atoms with Crippen LogP contribution in [0.2, 0.25) is 0 Å². The number of pyridine rings is 1. The van der Waals surface area contributed by atoms with Crippen molar-refractivity contribution >= 4 is 16.9 Å². The molecule has 1 N–H and O–H groups in total. The first-order chi connectivity index (χ1) is 7.86. The summed E-state index contributed by atoms with van der Waals surface area (Å²) >= 11 is 0. The number of aromatic amines is 1. The molecule has 1 amide bonds. The van der Waals surface area contributed by atoms with Crippen LogP contribution in [0.3, 0.4) is 0 Å². The van der Waals surface area contributed by atoms with E-state index in [-0.39, 0.29) is 5.91 Å². The Morgan fingerprint density at radius 1 is 1.38 bits per heavy atom. The molecule has 1 aliphatic rings. The van der Waals surface area contributed by atoms with Crippen molar-refractivity contribution in [2.24, 2.45) is 0 Å². The van der Waals surface area contributed by atoms with Gasteiger partial charge in [-0.1, -0.05) is 0 Å². The van der Waals surface area contributed by atoms with Crippen LogP contribution < -0.4 is 0 Å². The third-order valence-electron chi connectivity index (χ3n) is 3.07. The summed E-state index contributed by atoms with van der Waals surface area (Å²) in [5.41, 5.74) is 1.52. The van der Waals surface area contributed by atoms with E-state index >= 15 is 0 Å². The second kappa shape index (κ2) is 3.63. The second-order valence-corrected chi connectivity index (χ2v) is 4.10. The van der Waals surface area contributed by atoms with Crippen molar-refractivity contribution in [2.75, 3.05) is 13.1 Å². The number of fused-ring (bicyclic) bond motifs is 1. The molecule has 0 bridgehead atoms. The molecular weight excluding hydrogens is 202 g/mol. The Balaban J connectivity index is 2.02. The molecule has 1 fully saturated rings. The van der Waals surface area contributed by atoms with Crippen molar-refractivity contribution in [2.45, 2.75) is 12.8 Å². The Bertz CT molecular complexity index is 526. The molecule has 0 unspecified atom stereocenters. The summed E-state index contributed by atoms with van der Waals surface area (Å²) in [6, 6.07) is 3.79. The lowest BCUT2D eigenvalue weighted by molar-refractivity contribution is 0.0795. The first kappa shape index (κ1) is 9.39. The quantitative estimate of drug-likeness (QED) is 0.788. The number of likely N-dealkylation sites (tertiary alicyclic amines) is 1. The van der Waals surface area contributed by atoms with Crippen LogP contribution in [-0.4, -0.2) is 33.9 Å². The molecule has 4 nitrogen and oxygen atoms in total. The predicted octanol–water partition coefficient (Wildman–Crippen LogP) is 1.80. The summed E-state index contributed by atoms with van der Waals surface area (Å²) in [5.74, 6) is 0.122. The lowest BCUT2D eigenvalue weighted by Gasteiger charge is -2.14. The number of carbonyl (C=O) groups excluding carboxylic acids is 1. The van der Waals surface area contributed by atoms with Crippen LogP contribution in [0.1, 0.15) is 23.2 Å². The van der Waals surface area contributed by atoms with Gasteiger partial charge in [0.15, 0.2) is 0 Å². The van der Waals surface area contributed by atoms with Gasteiger partial charge in [0, 0.05) is 30.9 Å². The molecule has 4 heteroatoms. The number of hydrogen-bond donors (Lipinski definition) is 1. The van der Waals surface area contributed by atoms with E-state index in [1.54, 1.807) is 12.4 Å². The lowest BCUT2D eigenvalue weighted by Crippen LogP contribution is -2.27. The standard InChI is InChI=1S/C12H13N3O/c16-12(15-6-1-2-7-15)10-8-14-11-9(10)4-3-5-13-11/h3-5,8H,1-2,6-7H2,(H,13,14). The Labute approximate surface area is 93.3 Å². The number of H-pyrrole nitrogens is 1. The molecule has 0 saturated carbocycles. The average Bonchev–Trinajstić information content (AvgIpc) is 2.98.